The van der Waals surface area contributed by atoms with E-state index in [1.807, 2.05) is 11.7 Å². The average Bonchev–Trinajstić information content (AvgIpc) is 2.73. The zero-order valence-corrected chi connectivity index (χ0v) is 12.2. The fourth-order valence-electron chi connectivity index (χ4n) is 2.51. The highest BCUT2D eigenvalue weighted by molar-refractivity contribution is 6.18. The van der Waals surface area contributed by atoms with Crippen molar-refractivity contribution in [3.8, 4) is 0 Å². The Kier molecular flexibility index (Phi) is 3.96. The summed E-state index contributed by atoms with van der Waals surface area (Å²) in [4.78, 5) is 0. The van der Waals surface area contributed by atoms with Crippen LogP contribution in [0.5, 0.6) is 0 Å². The van der Waals surface area contributed by atoms with Crippen molar-refractivity contribution >= 4 is 22.5 Å². The molecule has 0 N–H and O–H groups in total. The Morgan fingerprint density at radius 2 is 1.89 bits per heavy atom. The van der Waals surface area contributed by atoms with Gasteiger partial charge in [0, 0.05) is 18.3 Å². The summed E-state index contributed by atoms with van der Waals surface area (Å²) in [6.45, 7) is 4.44. The van der Waals surface area contributed by atoms with E-state index in [1.54, 1.807) is 0 Å². The van der Waals surface area contributed by atoms with Crippen molar-refractivity contribution in [3.63, 3.8) is 0 Å². The Bertz CT molecular complexity index is 518. The SMILES string of the molecule is CCC(CC)(CCl)Cc1nn(C)c2ccccc12. The molecular weight excluding hydrogens is 244 g/mol. The molecular formula is C15H21ClN2. The van der Waals surface area contributed by atoms with Crippen molar-refractivity contribution in [1.29, 1.82) is 0 Å². The van der Waals surface area contributed by atoms with Gasteiger partial charge in [0.15, 0.2) is 0 Å². The van der Waals surface area contributed by atoms with Crippen LogP contribution in [-0.2, 0) is 13.5 Å². The van der Waals surface area contributed by atoms with E-state index in [9.17, 15) is 0 Å². The third-order valence-electron chi connectivity index (χ3n) is 4.16. The molecule has 0 saturated heterocycles. The first-order chi connectivity index (χ1) is 8.65. The molecule has 0 aliphatic carbocycles. The molecule has 1 aromatic heterocycles. The lowest BCUT2D eigenvalue weighted by molar-refractivity contribution is 0.299. The van der Waals surface area contributed by atoms with E-state index in [-0.39, 0.29) is 5.41 Å². The van der Waals surface area contributed by atoms with Crippen molar-refractivity contribution in [3.05, 3.63) is 30.0 Å². The number of para-hydroxylation sites is 1. The van der Waals surface area contributed by atoms with E-state index in [0.29, 0.717) is 5.88 Å². The van der Waals surface area contributed by atoms with Gasteiger partial charge in [-0.1, -0.05) is 32.0 Å². The summed E-state index contributed by atoms with van der Waals surface area (Å²) in [6, 6.07) is 8.41. The Morgan fingerprint density at radius 1 is 1.22 bits per heavy atom. The highest BCUT2D eigenvalue weighted by Crippen LogP contribution is 2.34. The van der Waals surface area contributed by atoms with Gasteiger partial charge < -0.3 is 0 Å². The van der Waals surface area contributed by atoms with Crippen molar-refractivity contribution in [1.82, 2.24) is 9.78 Å². The molecule has 0 bridgehead atoms. The van der Waals surface area contributed by atoms with Crippen LogP contribution in [0.2, 0.25) is 0 Å². The van der Waals surface area contributed by atoms with Gasteiger partial charge in [-0.2, -0.15) is 5.10 Å². The van der Waals surface area contributed by atoms with Gasteiger partial charge in [-0.3, -0.25) is 4.68 Å². The van der Waals surface area contributed by atoms with Gasteiger partial charge in [-0.25, -0.2) is 0 Å². The summed E-state index contributed by atoms with van der Waals surface area (Å²) in [5.74, 6) is 0.699. The molecule has 0 spiro atoms. The number of alkyl halides is 1. The first-order valence-corrected chi connectivity index (χ1v) is 7.16. The number of rotatable bonds is 5. The second-order valence-corrected chi connectivity index (χ2v) is 5.37. The number of benzene rings is 1. The van der Waals surface area contributed by atoms with E-state index < -0.39 is 0 Å². The second-order valence-electron chi connectivity index (χ2n) is 5.10. The van der Waals surface area contributed by atoms with Crippen molar-refractivity contribution in [2.24, 2.45) is 12.5 Å². The fourth-order valence-corrected chi connectivity index (χ4v) is 2.98. The minimum Gasteiger partial charge on any atom is -0.268 e. The molecule has 0 fully saturated rings. The predicted molar refractivity (Wildman–Crippen MR) is 78.2 cm³/mol. The van der Waals surface area contributed by atoms with Gasteiger partial charge in [0.05, 0.1) is 11.2 Å². The van der Waals surface area contributed by atoms with Crippen LogP contribution in [-0.4, -0.2) is 15.7 Å². The van der Waals surface area contributed by atoms with Crippen LogP contribution in [0.25, 0.3) is 10.9 Å². The summed E-state index contributed by atoms with van der Waals surface area (Å²) in [6.07, 6.45) is 3.15. The first kappa shape index (κ1) is 13.4. The van der Waals surface area contributed by atoms with Gasteiger partial charge in [0.1, 0.15) is 0 Å². The van der Waals surface area contributed by atoms with Gasteiger partial charge in [0.2, 0.25) is 0 Å². The molecule has 0 saturated carbocycles. The van der Waals surface area contributed by atoms with Crippen LogP contribution >= 0.6 is 11.6 Å². The molecule has 0 aliphatic heterocycles. The maximum atomic E-state index is 6.20. The quantitative estimate of drug-likeness (QED) is 0.742. The summed E-state index contributed by atoms with van der Waals surface area (Å²) >= 11 is 6.20. The zero-order chi connectivity index (χ0) is 13.2. The maximum Gasteiger partial charge on any atom is 0.0709 e. The van der Waals surface area contributed by atoms with Gasteiger partial charge in [-0.05, 0) is 30.7 Å². The first-order valence-electron chi connectivity index (χ1n) is 6.62. The molecule has 18 heavy (non-hydrogen) atoms. The molecule has 1 aromatic carbocycles. The Morgan fingerprint density at radius 3 is 2.50 bits per heavy atom. The molecule has 0 radical (unpaired) electrons. The molecule has 2 rings (SSSR count). The number of hydrogen-bond acceptors (Lipinski definition) is 1. The molecule has 2 aromatic rings. The van der Waals surface area contributed by atoms with Crippen LogP contribution in [0.3, 0.4) is 0 Å². The Balaban J connectivity index is 2.43. The van der Waals surface area contributed by atoms with E-state index in [0.717, 1.165) is 19.3 Å². The zero-order valence-electron chi connectivity index (χ0n) is 11.4. The van der Waals surface area contributed by atoms with E-state index >= 15 is 0 Å². The summed E-state index contributed by atoms with van der Waals surface area (Å²) in [7, 11) is 2.01. The minimum atomic E-state index is 0.179. The summed E-state index contributed by atoms with van der Waals surface area (Å²) in [5.41, 5.74) is 2.55. The highest BCUT2D eigenvalue weighted by atomic mass is 35.5. The van der Waals surface area contributed by atoms with Crippen LogP contribution in [0.4, 0.5) is 0 Å². The molecule has 0 atom stereocenters. The molecule has 98 valence electrons. The molecule has 2 nitrogen and oxygen atoms in total. The topological polar surface area (TPSA) is 17.8 Å². The minimum absolute atomic E-state index is 0.179. The van der Waals surface area contributed by atoms with Gasteiger partial charge in [-0.15, -0.1) is 11.6 Å². The van der Waals surface area contributed by atoms with Crippen LogP contribution < -0.4 is 0 Å². The third kappa shape index (κ3) is 2.26. The Labute approximate surface area is 114 Å². The van der Waals surface area contributed by atoms with Crippen molar-refractivity contribution < 1.29 is 0 Å². The van der Waals surface area contributed by atoms with E-state index in [2.05, 4.69) is 43.2 Å². The van der Waals surface area contributed by atoms with Crippen LogP contribution in [0, 0.1) is 5.41 Å². The third-order valence-corrected chi connectivity index (χ3v) is 4.73. The van der Waals surface area contributed by atoms with Crippen molar-refractivity contribution in [2.45, 2.75) is 33.1 Å². The highest BCUT2D eigenvalue weighted by Gasteiger charge is 2.27. The van der Waals surface area contributed by atoms with Crippen molar-refractivity contribution in [2.75, 3.05) is 5.88 Å². The van der Waals surface area contributed by atoms with E-state index in [1.165, 1.54) is 16.6 Å². The predicted octanol–water partition coefficient (Wildman–Crippen LogP) is 4.16. The number of fused-ring (bicyclic) bond motifs is 1. The standard InChI is InChI=1S/C15H21ClN2/c1-4-15(5-2,11-16)10-13-12-8-6-7-9-14(12)18(3)17-13/h6-9H,4-5,10-11H2,1-3H3. The Hall–Kier alpha value is -1.02. The monoisotopic (exact) mass is 264 g/mol. The largest absolute Gasteiger partial charge is 0.268 e. The molecule has 0 amide bonds. The molecule has 3 heteroatoms. The average molecular weight is 265 g/mol. The van der Waals surface area contributed by atoms with Crippen LogP contribution in [0.15, 0.2) is 24.3 Å². The lowest BCUT2D eigenvalue weighted by Crippen LogP contribution is -2.24. The number of hydrogen-bond donors (Lipinski definition) is 0. The normalized spacial score (nSPS) is 12.2. The molecule has 0 unspecified atom stereocenters. The smallest absolute Gasteiger partial charge is 0.0709 e. The summed E-state index contributed by atoms with van der Waals surface area (Å²) < 4.78 is 1.97. The number of halogens is 1. The summed E-state index contributed by atoms with van der Waals surface area (Å²) in [5, 5.41) is 5.94. The number of nitrogens with zero attached hydrogens (tertiary/aromatic N) is 2. The van der Waals surface area contributed by atoms with Gasteiger partial charge in [0.25, 0.3) is 0 Å². The van der Waals surface area contributed by atoms with E-state index in [4.69, 9.17) is 11.6 Å². The maximum absolute atomic E-state index is 6.20. The van der Waals surface area contributed by atoms with Crippen LogP contribution in [0.1, 0.15) is 32.4 Å². The lowest BCUT2D eigenvalue weighted by atomic mass is 9.79. The molecule has 1 heterocycles. The fraction of sp³-hybridized carbons (Fsp3) is 0.533. The molecule has 0 aliphatic rings. The second kappa shape index (κ2) is 5.31. The van der Waals surface area contributed by atoms with Gasteiger partial charge >= 0.3 is 0 Å². The lowest BCUT2D eigenvalue weighted by Gasteiger charge is -2.28. The number of aromatic nitrogens is 2. The number of aryl methyl sites for hydroxylation is 1.